The highest BCUT2D eigenvalue weighted by Gasteiger charge is 2.20. The van der Waals surface area contributed by atoms with Crippen LogP contribution in [0.2, 0.25) is 0 Å². The SMILES string of the molecule is CON(C)S(=O)(=O)c1ccc(NC(=O)c2ccc(Br)cc2)cc1. The lowest BCUT2D eigenvalue weighted by atomic mass is 10.2. The predicted molar refractivity (Wildman–Crippen MR) is 90.5 cm³/mol. The maximum Gasteiger partial charge on any atom is 0.264 e. The molecular weight excluding hydrogens is 384 g/mol. The van der Waals surface area contributed by atoms with Crippen molar-refractivity contribution in [3.05, 3.63) is 58.6 Å². The molecule has 0 unspecified atom stereocenters. The minimum Gasteiger partial charge on any atom is -0.322 e. The number of carbonyl (C=O) groups is 1. The zero-order valence-electron chi connectivity index (χ0n) is 12.5. The molecule has 2 aromatic carbocycles. The highest BCUT2D eigenvalue weighted by Crippen LogP contribution is 2.18. The first-order valence-electron chi connectivity index (χ1n) is 6.54. The minimum absolute atomic E-state index is 0.0727. The van der Waals surface area contributed by atoms with Gasteiger partial charge in [0.25, 0.3) is 15.9 Å². The Bertz CT molecular complexity index is 789. The second kappa shape index (κ2) is 7.22. The lowest BCUT2D eigenvalue weighted by molar-refractivity contribution is -0.0258. The van der Waals surface area contributed by atoms with Gasteiger partial charge in [-0.05, 0) is 48.5 Å². The van der Waals surface area contributed by atoms with Crippen LogP contribution in [-0.4, -0.2) is 33.0 Å². The van der Waals surface area contributed by atoms with Gasteiger partial charge in [0.2, 0.25) is 0 Å². The maximum absolute atomic E-state index is 12.1. The average molecular weight is 399 g/mol. The first-order valence-corrected chi connectivity index (χ1v) is 8.78. The van der Waals surface area contributed by atoms with E-state index in [0.29, 0.717) is 11.3 Å². The Morgan fingerprint density at radius 2 is 1.65 bits per heavy atom. The van der Waals surface area contributed by atoms with E-state index in [2.05, 4.69) is 21.2 Å². The van der Waals surface area contributed by atoms with Gasteiger partial charge in [-0.15, -0.1) is 0 Å². The van der Waals surface area contributed by atoms with E-state index in [1.165, 1.54) is 38.4 Å². The number of amides is 1. The van der Waals surface area contributed by atoms with Crippen LogP contribution >= 0.6 is 15.9 Å². The van der Waals surface area contributed by atoms with Crippen LogP contribution in [0.3, 0.4) is 0 Å². The van der Waals surface area contributed by atoms with E-state index >= 15 is 0 Å². The van der Waals surface area contributed by atoms with Crippen LogP contribution in [0.25, 0.3) is 0 Å². The molecule has 0 saturated heterocycles. The summed E-state index contributed by atoms with van der Waals surface area (Å²) in [6.07, 6.45) is 0. The van der Waals surface area contributed by atoms with Crippen LogP contribution in [0.4, 0.5) is 5.69 Å². The van der Waals surface area contributed by atoms with Gasteiger partial charge < -0.3 is 5.32 Å². The van der Waals surface area contributed by atoms with Gasteiger partial charge in [-0.3, -0.25) is 9.63 Å². The molecule has 0 aliphatic rings. The number of halogens is 1. The molecule has 0 aliphatic carbocycles. The number of hydrogen-bond acceptors (Lipinski definition) is 4. The van der Waals surface area contributed by atoms with Crippen molar-refractivity contribution in [1.82, 2.24) is 4.47 Å². The number of carbonyl (C=O) groups excluding carboxylic acids is 1. The second-order valence-electron chi connectivity index (χ2n) is 4.58. The number of hydrogen-bond donors (Lipinski definition) is 1. The summed E-state index contributed by atoms with van der Waals surface area (Å²) in [5.74, 6) is -0.276. The molecule has 2 aromatic rings. The van der Waals surface area contributed by atoms with Crippen LogP contribution in [0.15, 0.2) is 57.9 Å². The fourth-order valence-electron chi connectivity index (χ4n) is 1.76. The Morgan fingerprint density at radius 1 is 1.09 bits per heavy atom. The van der Waals surface area contributed by atoms with Gasteiger partial charge in [0.15, 0.2) is 0 Å². The lowest BCUT2D eigenvalue weighted by Gasteiger charge is -2.14. The Hall–Kier alpha value is -1.74. The standard InChI is InChI=1S/C15H15BrN2O4S/c1-18(22-2)23(20,21)14-9-7-13(8-10-14)17-15(19)11-3-5-12(16)6-4-11/h3-10H,1-2H3,(H,17,19). The molecule has 1 amide bonds. The van der Waals surface area contributed by atoms with Gasteiger partial charge >= 0.3 is 0 Å². The molecule has 0 spiro atoms. The molecule has 0 bridgehead atoms. The van der Waals surface area contributed by atoms with Crippen molar-refractivity contribution in [3.8, 4) is 0 Å². The molecule has 0 saturated carbocycles. The summed E-state index contributed by atoms with van der Waals surface area (Å²) in [5.41, 5.74) is 1.00. The van der Waals surface area contributed by atoms with Crippen molar-refractivity contribution in [2.24, 2.45) is 0 Å². The number of benzene rings is 2. The van der Waals surface area contributed by atoms with Crippen molar-refractivity contribution in [2.45, 2.75) is 4.90 Å². The van der Waals surface area contributed by atoms with Crippen LogP contribution < -0.4 is 5.32 Å². The highest BCUT2D eigenvalue weighted by molar-refractivity contribution is 9.10. The molecule has 1 N–H and O–H groups in total. The van der Waals surface area contributed by atoms with Gasteiger partial charge in [0.05, 0.1) is 12.0 Å². The molecule has 0 aliphatic heterocycles. The Kier molecular flexibility index (Phi) is 5.53. The normalized spacial score (nSPS) is 11.5. The fraction of sp³-hybridized carbons (Fsp3) is 0.133. The number of sulfonamides is 1. The van der Waals surface area contributed by atoms with Crippen molar-refractivity contribution >= 4 is 37.5 Å². The van der Waals surface area contributed by atoms with Crippen molar-refractivity contribution in [2.75, 3.05) is 19.5 Å². The molecule has 0 heterocycles. The molecule has 8 heteroatoms. The van der Waals surface area contributed by atoms with Crippen LogP contribution in [0.1, 0.15) is 10.4 Å². The van der Waals surface area contributed by atoms with E-state index in [-0.39, 0.29) is 10.8 Å². The minimum atomic E-state index is -3.70. The Balaban J connectivity index is 2.14. The molecule has 2 rings (SSSR count). The first-order chi connectivity index (χ1) is 10.8. The van der Waals surface area contributed by atoms with Crippen LogP contribution in [-0.2, 0) is 14.9 Å². The smallest absolute Gasteiger partial charge is 0.264 e. The molecule has 6 nitrogen and oxygen atoms in total. The third-order valence-electron chi connectivity index (χ3n) is 3.11. The summed E-state index contributed by atoms with van der Waals surface area (Å²) in [6, 6.07) is 12.8. The average Bonchev–Trinajstić information content (AvgIpc) is 2.55. The van der Waals surface area contributed by atoms with E-state index < -0.39 is 10.0 Å². The topological polar surface area (TPSA) is 75.7 Å². The summed E-state index contributed by atoms with van der Waals surface area (Å²) in [6.45, 7) is 0. The molecular formula is C15H15BrN2O4S. The zero-order chi connectivity index (χ0) is 17.0. The summed E-state index contributed by atoms with van der Waals surface area (Å²) < 4.78 is 25.8. The number of anilines is 1. The van der Waals surface area contributed by atoms with E-state index in [1.54, 1.807) is 24.3 Å². The van der Waals surface area contributed by atoms with Gasteiger partial charge in [0, 0.05) is 22.8 Å². The van der Waals surface area contributed by atoms with Gasteiger partial charge in [-0.25, -0.2) is 8.42 Å². The summed E-state index contributed by atoms with van der Waals surface area (Å²) in [7, 11) is -1.13. The van der Waals surface area contributed by atoms with Crippen LogP contribution in [0, 0.1) is 0 Å². The molecule has 0 aromatic heterocycles. The Labute approximate surface area is 143 Å². The summed E-state index contributed by atoms with van der Waals surface area (Å²) >= 11 is 3.30. The number of nitrogens with one attached hydrogen (secondary N) is 1. The van der Waals surface area contributed by atoms with Gasteiger partial charge in [-0.2, -0.15) is 0 Å². The van der Waals surface area contributed by atoms with Crippen molar-refractivity contribution in [1.29, 1.82) is 0 Å². The molecule has 23 heavy (non-hydrogen) atoms. The lowest BCUT2D eigenvalue weighted by Crippen LogP contribution is -2.25. The molecule has 0 radical (unpaired) electrons. The second-order valence-corrected chi connectivity index (χ2v) is 7.43. The van der Waals surface area contributed by atoms with Crippen molar-refractivity contribution in [3.63, 3.8) is 0 Å². The summed E-state index contributed by atoms with van der Waals surface area (Å²) in [4.78, 5) is 16.9. The molecule has 122 valence electrons. The van der Waals surface area contributed by atoms with Gasteiger partial charge in [-0.1, -0.05) is 20.4 Å². The maximum atomic E-state index is 12.1. The first kappa shape index (κ1) is 17.6. The number of nitrogens with zero attached hydrogens (tertiary/aromatic N) is 1. The largest absolute Gasteiger partial charge is 0.322 e. The third-order valence-corrected chi connectivity index (χ3v) is 5.33. The predicted octanol–water partition coefficient (Wildman–Crippen LogP) is 2.88. The highest BCUT2D eigenvalue weighted by atomic mass is 79.9. The Morgan fingerprint density at radius 3 is 2.17 bits per heavy atom. The zero-order valence-corrected chi connectivity index (χ0v) is 14.9. The third kappa shape index (κ3) is 4.17. The van der Waals surface area contributed by atoms with Gasteiger partial charge in [0.1, 0.15) is 0 Å². The quantitative estimate of drug-likeness (QED) is 0.785. The summed E-state index contributed by atoms with van der Waals surface area (Å²) in [5, 5.41) is 2.71. The van der Waals surface area contributed by atoms with E-state index in [4.69, 9.17) is 4.84 Å². The van der Waals surface area contributed by atoms with Crippen LogP contribution in [0.5, 0.6) is 0 Å². The fourth-order valence-corrected chi connectivity index (χ4v) is 3.00. The van der Waals surface area contributed by atoms with E-state index in [9.17, 15) is 13.2 Å². The number of hydroxylamine groups is 1. The van der Waals surface area contributed by atoms with Crippen molar-refractivity contribution < 1.29 is 18.0 Å². The molecule has 0 atom stereocenters. The van der Waals surface area contributed by atoms with E-state index in [0.717, 1.165) is 8.94 Å². The van der Waals surface area contributed by atoms with E-state index in [1.807, 2.05) is 0 Å². The monoisotopic (exact) mass is 398 g/mol. The number of rotatable bonds is 5. The molecule has 0 fully saturated rings.